The van der Waals surface area contributed by atoms with Crippen molar-refractivity contribution in [3.8, 4) is 5.75 Å². The van der Waals surface area contributed by atoms with E-state index in [1.54, 1.807) is 19.9 Å². The molecule has 0 unspecified atom stereocenters. The molecule has 0 spiro atoms. The van der Waals surface area contributed by atoms with E-state index in [0.29, 0.717) is 28.2 Å². The monoisotopic (exact) mass is 615 g/mol. The maximum Gasteiger partial charge on any atom is 0.416 e. The van der Waals surface area contributed by atoms with E-state index in [1.165, 1.54) is 12.1 Å². The van der Waals surface area contributed by atoms with Crippen LogP contribution in [0.15, 0.2) is 53.1 Å². The van der Waals surface area contributed by atoms with Crippen LogP contribution in [0.4, 0.5) is 36.4 Å². The maximum atomic E-state index is 13.7. The molecule has 1 aliphatic heterocycles. The number of aromatic hydroxyl groups is 1. The molecule has 2 amide bonds. The number of phenols is 1. The number of anilines is 1. The lowest BCUT2D eigenvalue weighted by atomic mass is 9.68. The van der Waals surface area contributed by atoms with E-state index in [0.717, 1.165) is 11.6 Å². The molecule has 2 aromatic rings. The van der Waals surface area contributed by atoms with Crippen molar-refractivity contribution in [2.45, 2.75) is 51.6 Å². The highest BCUT2D eigenvalue weighted by Crippen LogP contribution is 2.48. The number of fused-ring (bicyclic) bond motifs is 1. The average Bonchev–Trinajstić information content (AvgIpc) is 3.16. The highest BCUT2D eigenvalue weighted by Gasteiger charge is 2.55. The van der Waals surface area contributed by atoms with Gasteiger partial charge in [0.25, 0.3) is 0 Å². The third-order valence-corrected chi connectivity index (χ3v) is 7.91. The number of nitrogens with zero attached hydrogens (tertiary/aromatic N) is 1. The van der Waals surface area contributed by atoms with Crippen LogP contribution in [0.5, 0.6) is 5.75 Å². The van der Waals surface area contributed by atoms with E-state index in [1.807, 2.05) is 0 Å². The quantitative estimate of drug-likeness (QED) is 0.195. The fourth-order valence-electron chi connectivity index (χ4n) is 5.93. The molecule has 2 aromatic carbocycles. The normalized spacial score (nSPS) is 22.3. The van der Waals surface area contributed by atoms with Crippen LogP contribution in [-0.2, 0) is 21.9 Å². The van der Waals surface area contributed by atoms with E-state index < -0.39 is 83.0 Å². The van der Waals surface area contributed by atoms with Crippen LogP contribution in [0.1, 0.15) is 49.8 Å². The summed E-state index contributed by atoms with van der Waals surface area (Å²) in [6.45, 7) is 2.59. The van der Waals surface area contributed by atoms with Crippen LogP contribution in [0.2, 0.25) is 0 Å². The molecule has 1 fully saturated rings. The SMILES string of the molecule is CC1=C([C@H](O)CC/C(C)=C/c2ccc(O)c(F)c2)[C@H](CO)[C@@H]2C(=O)N(c3cc(C(F)(F)F)cc(C(F)(F)F)c3)C(=O)[C@@H]2C1. The van der Waals surface area contributed by atoms with E-state index in [2.05, 4.69) is 0 Å². The van der Waals surface area contributed by atoms with Gasteiger partial charge in [0.2, 0.25) is 11.8 Å². The zero-order valence-electron chi connectivity index (χ0n) is 22.9. The first kappa shape index (κ1) is 32.2. The molecule has 43 heavy (non-hydrogen) atoms. The summed E-state index contributed by atoms with van der Waals surface area (Å²) in [5.41, 5.74) is -2.32. The van der Waals surface area contributed by atoms with Gasteiger partial charge in [-0.15, -0.1) is 0 Å². The highest BCUT2D eigenvalue weighted by molar-refractivity contribution is 6.22. The molecule has 6 nitrogen and oxygen atoms in total. The van der Waals surface area contributed by atoms with Gasteiger partial charge in [-0.1, -0.05) is 23.3 Å². The molecule has 0 aromatic heterocycles. The summed E-state index contributed by atoms with van der Waals surface area (Å²) in [7, 11) is 0. The number of hydrogen-bond acceptors (Lipinski definition) is 5. The van der Waals surface area contributed by atoms with Crippen molar-refractivity contribution < 1.29 is 55.6 Å². The molecule has 1 aliphatic carbocycles. The molecule has 3 N–H and O–H groups in total. The topological polar surface area (TPSA) is 98.1 Å². The molecule has 1 heterocycles. The number of carbonyl (C=O) groups excluding carboxylic acids is 2. The molecule has 1 saturated heterocycles. The Morgan fingerprint density at radius 1 is 1.02 bits per heavy atom. The fourth-order valence-corrected chi connectivity index (χ4v) is 5.93. The van der Waals surface area contributed by atoms with E-state index in [9.17, 15) is 55.6 Å². The van der Waals surface area contributed by atoms with Crippen molar-refractivity contribution in [3.63, 3.8) is 0 Å². The van der Waals surface area contributed by atoms with Crippen molar-refractivity contribution in [1.29, 1.82) is 0 Å². The maximum absolute atomic E-state index is 13.7. The number of benzene rings is 2. The lowest BCUT2D eigenvalue weighted by Gasteiger charge is -2.35. The Hall–Kier alpha value is -3.71. The van der Waals surface area contributed by atoms with Crippen molar-refractivity contribution in [2.75, 3.05) is 11.5 Å². The number of amides is 2. The molecule has 0 saturated carbocycles. The fraction of sp³-hybridized carbons (Fsp3) is 0.400. The molecule has 4 atom stereocenters. The van der Waals surface area contributed by atoms with Gasteiger partial charge in [0.15, 0.2) is 11.6 Å². The predicted molar refractivity (Wildman–Crippen MR) is 141 cm³/mol. The summed E-state index contributed by atoms with van der Waals surface area (Å²) < 4.78 is 94.4. The number of allylic oxidation sites excluding steroid dienone is 2. The van der Waals surface area contributed by atoms with Crippen LogP contribution in [0.25, 0.3) is 6.08 Å². The number of carbonyl (C=O) groups is 2. The molecule has 232 valence electrons. The summed E-state index contributed by atoms with van der Waals surface area (Å²) in [6.07, 6.45) is -9.67. The Labute approximate surface area is 241 Å². The predicted octanol–water partition coefficient (Wildman–Crippen LogP) is 6.25. The van der Waals surface area contributed by atoms with Crippen molar-refractivity contribution >= 4 is 23.6 Å². The number of halogens is 7. The Kier molecular flexibility index (Phi) is 8.81. The van der Waals surface area contributed by atoms with Crippen molar-refractivity contribution in [3.05, 3.63) is 75.6 Å². The zero-order chi connectivity index (χ0) is 32.0. The summed E-state index contributed by atoms with van der Waals surface area (Å²) in [4.78, 5) is 27.1. The van der Waals surface area contributed by atoms with Crippen LogP contribution in [-0.4, -0.2) is 39.8 Å². The largest absolute Gasteiger partial charge is 0.505 e. The van der Waals surface area contributed by atoms with Gasteiger partial charge >= 0.3 is 12.4 Å². The number of rotatable bonds is 7. The smallest absolute Gasteiger partial charge is 0.416 e. The molecular formula is C30H28F7NO5. The average molecular weight is 616 g/mol. The van der Waals surface area contributed by atoms with Crippen LogP contribution < -0.4 is 4.90 Å². The lowest BCUT2D eigenvalue weighted by molar-refractivity contribution is -0.143. The second-order valence-corrected chi connectivity index (χ2v) is 10.9. The Morgan fingerprint density at radius 3 is 2.16 bits per heavy atom. The first-order valence-electron chi connectivity index (χ1n) is 13.3. The summed E-state index contributed by atoms with van der Waals surface area (Å²) in [5.74, 6) is -6.96. The van der Waals surface area contributed by atoms with E-state index in [4.69, 9.17) is 0 Å². The summed E-state index contributed by atoms with van der Waals surface area (Å²) >= 11 is 0. The molecule has 0 bridgehead atoms. The number of alkyl halides is 6. The van der Waals surface area contributed by atoms with Gasteiger partial charge in [0.1, 0.15) is 0 Å². The van der Waals surface area contributed by atoms with Crippen LogP contribution in [0, 0.1) is 23.6 Å². The number of phenolic OH excluding ortho intramolecular Hbond substituents is 1. The molecular weight excluding hydrogens is 587 g/mol. The second kappa shape index (κ2) is 11.8. The number of imide groups is 1. The lowest BCUT2D eigenvalue weighted by Crippen LogP contribution is -2.38. The van der Waals surface area contributed by atoms with Gasteiger partial charge in [0.05, 0.1) is 41.4 Å². The van der Waals surface area contributed by atoms with Gasteiger partial charge in [-0.25, -0.2) is 9.29 Å². The Morgan fingerprint density at radius 2 is 1.63 bits per heavy atom. The molecule has 0 radical (unpaired) electrons. The van der Waals surface area contributed by atoms with Gasteiger partial charge < -0.3 is 15.3 Å². The van der Waals surface area contributed by atoms with Gasteiger partial charge in [-0.2, -0.15) is 26.3 Å². The second-order valence-electron chi connectivity index (χ2n) is 10.9. The summed E-state index contributed by atoms with van der Waals surface area (Å²) in [5, 5.41) is 30.7. The molecule has 13 heteroatoms. The molecule has 2 aliphatic rings. The Balaban J connectivity index is 1.61. The Bertz CT molecular complexity index is 1460. The van der Waals surface area contributed by atoms with Gasteiger partial charge in [-0.05, 0) is 74.6 Å². The highest BCUT2D eigenvalue weighted by atomic mass is 19.4. The summed E-state index contributed by atoms with van der Waals surface area (Å²) in [6, 6.07) is 4.32. The third kappa shape index (κ3) is 6.47. The number of aliphatic hydroxyl groups is 2. The van der Waals surface area contributed by atoms with Crippen LogP contribution >= 0.6 is 0 Å². The first-order chi connectivity index (χ1) is 19.9. The number of hydrogen-bond donors (Lipinski definition) is 3. The van der Waals surface area contributed by atoms with Crippen molar-refractivity contribution in [1.82, 2.24) is 0 Å². The minimum Gasteiger partial charge on any atom is -0.505 e. The van der Waals surface area contributed by atoms with E-state index in [-0.39, 0.29) is 30.9 Å². The standard InChI is InChI=1S/C30H28F7NO5/c1-14(7-16-4-6-23(40)22(31)9-16)3-5-24(41)25-15(2)8-20-26(21(25)13-39)28(43)38(27(20)42)19-11-17(29(32,33)34)10-18(12-19)30(35,36)37/h4,6-7,9-12,20-21,24,26,39-41H,3,5,8,13H2,1-2H3/b14-7+/t20-,21+,24-,26-/m1/s1. The van der Waals surface area contributed by atoms with E-state index >= 15 is 0 Å². The first-order valence-corrected chi connectivity index (χ1v) is 13.3. The minimum atomic E-state index is -5.19. The van der Waals surface area contributed by atoms with Crippen molar-refractivity contribution in [2.24, 2.45) is 17.8 Å². The third-order valence-electron chi connectivity index (χ3n) is 7.91. The van der Waals surface area contributed by atoms with Gasteiger partial charge in [0, 0.05) is 5.92 Å². The number of aliphatic hydroxyl groups excluding tert-OH is 2. The van der Waals surface area contributed by atoms with Crippen LogP contribution in [0.3, 0.4) is 0 Å². The minimum absolute atomic E-state index is 0.0951. The van der Waals surface area contributed by atoms with Gasteiger partial charge in [-0.3, -0.25) is 9.59 Å². The molecule has 4 rings (SSSR count). The zero-order valence-corrected chi connectivity index (χ0v) is 22.9.